The number of hydrogen-bond acceptors (Lipinski definition) is 3. The predicted molar refractivity (Wildman–Crippen MR) is 69.9 cm³/mol. The van der Waals surface area contributed by atoms with Gasteiger partial charge in [-0.2, -0.15) is 0 Å². The van der Waals surface area contributed by atoms with Gasteiger partial charge in [0.25, 0.3) is 0 Å². The Labute approximate surface area is 103 Å². The summed E-state index contributed by atoms with van der Waals surface area (Å²) in [6, 6.07) is 0. The Morgan fingerprint density at radius 2 is 2.24 bits per heavy atom. The van der Waals surface area contributed by atoms with Crippen molar-refractivity contribution in [1.29, 1.82) is 5.41 Å². The van der Waals surface area contributed by atoms with Crippen molar-refractivity contribution in [2.24, 2.45) is 18.2 Å². The molecule has 1 heterocycles. The Hall–Kier alpha value is -1.36. The van der Waals surface area contributed by atoms with Gasteiger partial charge in [0.1, 0.15) is 5.82 Å². The molecule has 0 unspecified atom stereocenters. The zero-order valence-electron chi connectivity index (χ0n) is 11.2. The highest BCUT2D eigenvalue weighted by Crippen LogP contribution is 2.20. The number of nitrogens with one attached hydrogen (secondary N) is 1. The van der Waals surface area contributed by atoms with E-state index in [-0.39, 0.29) is 11.3 Å². The summed E-state index contributed by atoms with van der Waals surface area (Å²) in [5, 5.41) is 7.51. The minimum atomic E-state index is -0.226. The van der Waals surface area contributed by atoms with Gasteiger partial charge in [-0.3, -0.25) is 10.3 Å². The molecule has 96 valence electrons. The summed E-state index contributed by atoms with van der Waals surface area (Å²) >= 11 is 0. The van der Waals surface area contributed by atoms with E-state index in [0.29, 0.717) is 0 Å². The minimum absolute atomic E-state index is 0.226. The van der Waals surface area contributed by atoms with Gasteiger partial charge in [0.2, 0.25) is 0 Å². The number of aryl methyl sites for hydroxylation is 1. The van der Waals surface area contributed by atoms with E-state index in [0.717, 1.165) is 25.3 Å². The molecule has 0 aliphatic rings. The number of amidine groups is 1. The first-order valence-electron chi connectivity index (χ1n) is 5.82. The molecule has 1 aromatic heterocycles. The average molecular weight is 237 g/mol. The van der Waals surface area contributed by atoms with E-state index in [1.165, 1.54) is 0 Å². The molecule has 0 spiro atoms. The maximum Gasteiger partial charge on any atom is 0.122 e. The number of nitrogens with zero attached hydrogens (tertiary/aromatic N) is 3. The lowest BCUT2D eigenvalue weighted by Crippen LogP contribution is -2.34. The molecule has 1 aromatic rings. The average Bonchev–Trinajstić information content (AvgIpc) is 2.61. The number of imidazole rings is 1. The van der Waals surface area contributed by atoms with Gasteiger partial charge >= 0.3 is 0 Å². The molecular weight excluding hydrogens is 214 g/mol. The Balaban J connectivity index is 2.43. The van der Waals surface area contributed by atoms with Crippen LogP contribution in [0.25, 0.3) is 0 Å². The van der Waals surface area contributed by atoms with Gasteiger partial charge < -0.3 is 10.3 Å². The molecule has 0 radical (unpaired) electrons. The normalized spacial score (nSPS) is 12.1. The topological polar surface area (TPSA) is 70.9 Å². The summed E-state index contributed by atoms with van der Waals surface area (Å²) in [5.74, 6) is 1.30. The van der Waals surface area contributed by atoms with Gasteiger partial charge in [-0.1, -0.05) is 13.8 Å². The molecule has 0 saturated heterocycles. The fourth-order valence-corrected chi connectivity index (χ4v) is 1.47. The van der Waals surface area contributed by atoms with Crippen molar-refractivity contribution < 1.29 is 0 Å². The van der Waals surface area contributed by atoms with Crippen LogP contribution in [0.2, 0.25) is 0 Å². The fourth-order valence-electron chi connectivity index (χ4n) is 1.47. The lowest BCUT2D eigenvalue weighted by Gasteiger charge is -2.26. The Bertz CT molecular complexity index is 380. The third-order valence-corrected chi connectivity index (χ3v) is 3.18. The van der Waals surface area contributed by atoms with Crippen molar-refractivity contribution in [3.05, 3.63) is 18.2 Å². The van der Waals surface area contributed by atoms with Crippen molar-refractivity contribution >= 4 is 5.84 Å². The molecular formula is C12H23N5. The van der Waals surface area contributed by atoms with Gasteiger partial charge in [0.15, 0.2) is 0 Å². The van der Waals surface area contributed by atoms with Crippen LogP contribution in [0.1, 0.15) is 26.1 Å². The van der Waals surface area contributed by atoms with E-state index in [4.69, 9.17) is 11.1 Å². The van der Waals surface area contributed by atoms with Gasteiger partial charge in [0, 0.05) is 24.9 Å². The van der Waals surface area contributed by atoms with E-state index >= 15 is 0 Å². The van der Waals surface area contributed by atoms with Gasteiger partial charge in [-0.25, -0.2) is 4.98 Å². The molecule has 0 aromatic carbocycles. The highest BCUT2D eigenvalue weighted by Gasteiger charge is 2.21. The summed E-state index contributed by atoms with van der Waals surface area (Å²) in [4.78, 5) is 6.49. The maximum atomic E-state index is 7.51. The summed E-state index contributed by atoms with van der Waals surface area (Å²) in [7, 11) is 4.06. The molecule has 0 amide bonds. The summed E-state index contributed by atoms with van der Waals surface area (Å²) in [6.07, 6.45) is 4.63. The van der Waals surface area contributed by atoms with E-state index in [1.54, 1.807) is 0 Å². The van der Waals surface area contributed by atoms with Crippen molar-refractivity contribution in [3.8, 4) is 0 Å². The van der Waals surface area contributed by atoms with Crippen LogP contribution in [-0.4, -0.2) is 33.9 Å². The monoisotopic (exact) mass is 237 g/mol. The third kappa shape index (κ3) is 3.85. The molecule has 0 aliphatic heterocycles. The summed E-state index contributed by atoms with van der Waals surface area (Å²) < 4.78 is 2.02. The van der Waals surface area contributed by atoms with Crippen LogP contribution >= 0.6 is 0 Å². The maximum absolute atomic E-state index is 7.51. The standard InChI is InChI=1S/C12H23N5/c1-12(2,11(13)14)5-7-16(3)9-10-15-6-8-17(10)4/h6,8H,5,7,9H2,1-4H3,(H3,13,14). The van der Waals surface area contributed by atoms with Crippen molar-refractivity contribution in [2.75, 3.05) is 13.6 Å². The van der Waals surface area contributed by atoms with Gasteiger partial charge in [-0.05, 0) is 20.0 Å². The fraction of sp³-hybridized carbons (Fsp3) is 0.667. The molecule has 17 heavy (non-hydrogen) atoms. The largest absolute Gasteiger partial charge is 0.387 e. The van der Waals surface area contributed by atoms with E-state index in [9.17, 15) is 0 Å². The van der Waals surface area contributed by atoms with Crippen LogP contribution < -0.4 is 5.73 Å². The lowest BCUT2D eigenvalue weighted by molar-refractivity contribution is 0.276. The predicted octanol–water partition coefficient (Wildman–Crippen LogP) is 1.20. The van der Waals surface area contributed by atoms with Crippen molar-refractivity contribution in [2.45, 2.75) is 26.8 Å². The zero-order chi connectivity index (χ0) is 13.1. The van der Waals surface area contributed by atoms with E-state index < -0.39 is 0 Å². The minimum Gasteiger partial charge on any atom is -0.387 e. The SMILES string of the molecule is CN(CCC(C)(C)C(=N)N)Cc1nccn1C. The summed E-state index contributed by atoms with van der Waals surface area (Å²) in [6.45, 7) is 5.73. The van der Waals surface area contributed by atoms with Crippen LogP contribution in [0.15, 0.2) is 12.4 Å². The number of aromatic nitrogens is 2. The quantitative estimate of drug-likeness (QED) is 0.577. The smallest absolute Gasteiger partial charge is 0.122 e. The highest BCUT2D eigenvalue weighted by molar-refractivity contribution is 5.82. The zero-order valence-corrected chi connectivity index (χ0v) is 11.2. The van der Waals surface area contributed by atoms with E-state index in [1.807, 2.05) is 37.9 Å². The summed E-state index contributed by atoms with van der Waals surface area (Å²) in [5.41, 5.74) is 5.34. The number of nitrogens with two attached hydrogens (primary N) is 1. The molecule has 0 atom stereocenters. The Morgan fingerprint density at radius 3 is 2.71 bits per heavy atom. The molecule has 5 heteroatoms. The molecule has 0 aliphatic carbocycles. The number of hydrogen-bond donors (Lipinski definition) is 2. The van der Waals surface area contributed by atoms with Crippen LogP contribution in [0.3, 0.4) is 0 Å². The second-order valence-corrected chi connectivity index (χ2v) is 5.24. The molecule has 5 nitrogen and oxygen atoms in total. The van der Waals surface area contributed by atoms with Crippen LogP contribution in [0, 0.1) is 10.8 Å². The molecule has 0 fully saturated rings. The highest BCUT2D eigenvalue weighted by atomic mass is 15.1. The molecule has 0 saturated carbocycles. The van der Waals surface area contributed by atoms with Crippen molar-refractivity contribution in [3.63, 3.8) is 0 Å². The lowest BCUT2D eigenvalue weighted by atomic mass is 9.88. The van der Waals surface area contributed by atoms with E-state index in [2.05, 4.69) is 16.9 Å². The van der Waals surface area contributed by atoms with Crippen LogP contribution in [0.4, 0.5) is 0 Å². The molecule has 1 rings (SSSR count). The van der Waals surface area contributed by atoms with Crippen LogP contribution in [0.5, 0.6) is 0 Å². The first kappa shape index (κ1) is 13.7. The second kappa shape index (κ2) is 5.31. The van der Waals surface area contributed by atoms with Crippen LogP contribution in [-0.2, 0) is 13.6 Å². The molecule has 0 bridgehead atoms. The molecule has 3 N–H and O–H groups in total. The Morgan fingerprint density at radius 1 is 1.59 bits per heavy atom. The Kier molecular flexibility index (Phi) is 4.28. The number of rotatable bonds is 6. The van der Waals surface area contributed by atoms with Gasteiger partial charge in [0.05, 0.1) is 12.4 Å². The first-order valence-corrected chi connectivity index (χ1v) is 5.82. The van der Waals surface area contributed by atoms with Crippen molar-refractivity contribution in [1.82, 2.24) is 14.5 Å². The van der Waals surface area contributed by atoms with Gasteiger partial charge in [-0.15, -0.1) is 0 Å². The second-order valence-electron chi connectivity index (χ2n) is 5.24. The first-order chi connectivity index (χ1) is 7.83. The third-order valence-electron chi connectivity index (χ3n) is 3.18.